The van der Waals surface area contributed by atoms with Gasteiger partial charge in [-0.2, -0.15) is 0 Å². The van der Waals surface area contributed by atoms with E-state index in [2.05, 4.69) is 12.2 Å². The van der Waals surface area contributed by atoms with E-state index in [0.29, 0.717) is 13.1 Å². The van der Waals surface area contributed by atoms with Crippen molar-refractivity contribution in [3.63, 3.8) is 0 Å². The highest BCUT2D eigenvalue weighted by molar-refractivity contribution is 5.87. The van der Waals surface area contributed by atoms with Gasteiger partial charge in [0.1, 0.15) is 0 Å². The zero-order valence-electron chi connectivity index (χ0n) is 12.6. The SMILES string of the molecule is CCc1ccc(C(O)CNCc2cccc(C(=O)O)c2)cc1. The second kappa shape index (κ2) is 7.73. The van der Waals surface area contributed by atoms with E-state index in [4.69, 9.17) is 5.11 Å². The van der Waals surface area contributed by atoms with Crippen molar-refractivity contribution in [3.05, 3.63) is 70.8 Å². The molecule has 4 heteroatoms. The van der Waals surface area contributed by atoms with Crippen LogP contribution in [-0.4, -0.2) is 22.7 Å². The number of carbonyl (C=O) groups is 1. The first-order chi connectivity index (χ1) is 10.6. The molecular weight excluding hydrogens is 278 g/mol. The quantitative estimate of drug-likeness (QED) is 0.735. The molecule has 0 saturated heterocycles. The molecule has 0 aliphatic carbocycles. The summed E-state index contributed by atoms with van der Waals surface area (Å²) in [7, 11) is 0. The lowest BCUT2D eigenvalue weighted by atomic mass is 10.1. The smallest absolute Gasteiger partial charge is 0.335 e. The number of hydrogen-bond acceptors (Lipinski definition) is 3. The minimum absolute atomic E-state index is 0.273. The zero-order chi connectivity index (χ0) is 15.9. The van der Waals surface area contributed by atoms with E-state index < -0.39 is 12.1 Å². The summed E-state index contributed by atoms with van der Waals surface area (Å²) in [6, 6.07) is 14.7. The van der Waals surface area contributed by atoms with Crippen molar-refractivity contribution in [1.82, 2.24) is 5.32 Å². The maximum absolute atomic E-state index is 10.9. The predicted octanol–water partition coefficient (Wildman–Crippen LogP) is 2.77. The van der Waals surface area contributed by atoms with Crippen LogP contribution in [0.2, 0.25) is 0 Å². The van der Waals surface area contributed by atoms with Crippen LogP contribution in [0.25, 0.3) is 0 Å². The molecular formula is C18H21NO3. The number of aliphatic hydroxyl groups is 1. The lowest BCUT2D eigenvalue weighted by Crippen LogP contribution is -2.21. The first-order valence-electron chi connectivity index (χ1n) is 7.40. The lowest BCUT2D eigenvalue weighted by Gasteiger charge is -2.13. The summed E-state index contributed by atoms with van der Waals surface area (Å²) in [5.41, 5.74) is 3.28. The fourth-order valence-electron chi connectivity index (χ4n) is 2.26. The average molecular weight is 299 g/mol. The maximum atomic E-state index is 10.9. The Morgan fingerprint density at radius 3 is 2.50 bits per heavy atom. The summed E-state index contributed by atoms with van der Waals surface area (Å²) in [5.74, 6) is -0.933. The number of nitrogens with one attached hydrogen (secondary N) is 1. The Hall–Kier alpha value is -2.17. The number of benzene rings is 2. The molecule has 1 atom stereocenters. The highest BCUT2D eigenvalue weighted by Gasteiger charge is 2.07. The molecule has 2 aromatic rings. The molecule has 4 nitrogen and oxygen atoms in total. The summed E-state index contributed by atoms with van der Waals surface area (Å²) in [6.07, 6.45) is 0.405. The van der Waals surface area contributed by atoms with Crippen LogP contribution in [0.4, 0.5) is 0 Å². The van der Waals surface area contributed by atoms with Crippen molar-refractivity contribution < 1.29 is 15.0 Å². The number of rotatable bonds is 7. The Labute approximate surface area is 130 Å². The number of carboxylic acids is 1. The van der Waals surface area contributed by atoms with Crippen molar-refractivity contribution >= 4 is 5.97 Å². The molecule has 1 unspecified atom stereocenters. The van der Waals surface area contributed by atoms with Crippen LogP contribution >= 0.6 is 0 Å². The van der Waals surface area contributed by atoms with E-state index in [-0.39, 0.29) is 5.56 Å². The molecule has 0 aliphatic heterocycles. The third-order valence-corrected chi connectivity index (χ3v) is 3.61. The standard InChI is InChI=1S/C18H21NO3/c1-2-13-6-8-15(9-7-13)17(20)12-19-11-14-4-3-5-16(10-14)18(21)22/h3-10,17,19-20H,2,11-12H2,1H3,(H,21,22). The van der Waals surface area contributed by atoms with Gasteiger partial charge in [0.15, 0.2) is 0 Å². The third-order valence-electron chi connectivity index (χ3n) is 3.61. The number of aliphatic hydroxyl groups excluding tert-OH is 1. The van der Waals surface area contributed by atoms with Gasteiger partial charge in [0, 0.05) is 13.1 Å². The Balaban J connectivity index is 1.87. The minimum Gasteiger partial charge on any atom is -0.478 e. The maximum Gasteiger partial charge on any atom is 0.335 e. The average Bonchev–Trinajstić information content (AvgIpc) is 2.55. The van der Waals surface area contributed by atoms with Crippen LogP contribution < -0.4 is 5.32 Å². The molecule has 116 valence electrons. The number of aromatic carboxylic acids is 1. The van der Waals surface area contributed by atoms with Crippen molar-refractivity contribution in [2.24, 2.45) is 0 Å². The van der Waals surface area contributed by atoms with Crippen molar-refractivity contribution in [2.75, 3.05) is 6.54 Å². The van der Waals surface area contributed by atoms with E-state index >= 15 is 0 Å². The van der Waals surface area contributed by atoms with Gasteiger partial charge in [-0.15, -0.1) is 0 Å². The molecule has 2 aromatic carbocycles. The highest BCUT2D eigenvalue weighted by atomic mass is 16.4. The van der Waals surface area contributed by atoms with Crippen LogP contribution in [0.1, 0.15) is 40.1 Å². The van der Waals surface area contributed by atoms with Gasteiger partial charge >= 0.3 is 5.97 Å². The second-order valence-corrected chi connectivity index (χ2v) is 5.25. The first kappa shape index (κ1) is 16.2. The lowest BCUT2D eigenvalue weighted by molar-refractivity contribution is 0.0696. The van der Waals surface area contributed by atoms with E-state index in [1.54, 1.807) is 18.2 Å². The Bertz CT molecular complexity index is 622. The van der Waals surface area contributed by atoms with Crippen LogP contribution in [0.15, 0.2) is 48.5 Å². The Morgan fingerprint density at radius 2 is 1.86 bits per heavy atom. The summed E-state index contributed by atoms with van der Waals surface area (Å²) in [6.45, 7) is 3.03. The molecule has 0 bridgehead atoms. The molecule has 0 aromatic heterocycles. The van der Waals surface area contributed by atoms with E-state index in [0.717, 1.165) is 17.5 Å². The summed E-state index contributed by atoms with van der Waals surface area (Å²) in [4.78, 5) is 10.9. The van der Waals surface area contributed by atoms with E-state index in [1.807, 2.05) is 30.3 Å². The summed E-state index contributed by atoms with van der Waals surface area (Å²) >= 11 is 0. The van der Waals surface area contributed by atoms with Gasteiger partial charge in [-0.3, -0.25) is 0 Å². The van der Waals surface area contributed by atoms with Gasteiger partial charge in [0.2, 0.25) is 0 Å². The second-order valence-electron chi connectivity index (χ2n) is 5.25. The number of carboxylic acid groups (broad SMARTS) is 1. The van der Waals surface area contributed by atoms with E-state index in [9.17, 15) is 9.90 Å². The van der Waals surface area contributed by atoms with Gasteiger partial charge in [-0.1, -0.05) is 43.3 Å². The summed E-state index contributed by atoms with van der Waals surface area (Å²) in [5, 5.41) is 22.3. The first-order valence-corrected chi connectivity index (χ1v) is 7.40. The monoisotopic (exact) mass is 299 g/mol. The molecule has 22 heavy (non-hydrogen) atoms. The van der Waals surface area contributed by atoms with Gasteiger partial charge in [0.25, 0.3) is 0 Å². The predicted molar refractivity (Wildman–Crippen MR) is 85.9 cm³/mol. The van der Waals surface area contributed by atoms with Crippen LogP contribution in [0, 0.1) is 0 Å². The molecule has 0 spiro atoms. The number of hydrogen-bond donors (Lipinski definition) is 3. The fourth-order valence-corrected chi connectivity index (χ4v) is 2.26. The zero-order valence-corrected chi connectivity index (χ0v) is 12.6. The highest BCUT2D eigenvalue weighted by Crippen LogP contribution is 2.14. The van der Waals surface area contributed by atoms with Crippen molar-refractivity contribution in [1.29, 1.82) is 0 Å². The molecule has 0 heterocycles. The Morgan fingerprint density at radius 1 is 1.14 bits per heavy atom. The van der Waals surface area contributed by atoms with Crippen molar-refractivity contribution in [2.45, 2.75) is 26.0 Å². The fraction of sp³-hybridized carbons (Fsp3) is 0.278. The van der Waals surface area contributed by atoms with Crippen LogP contribution in [0.5, 0.6) is 0 Å². The molecule has 0 aliphatic rings. The summed E-state index contributed by atoms with van der Waals surface area (Å²) < 4.78 is 0. The molecule has 0 amide bonds. The van der Waals surface area contributed by atoms with Crippen LogP contribution in [0.3, 0.4) is 0 Å². The van der Waals surface area contributed by atoms with Crippen molar-refractivity contribution in [3.8, 4) is 0 Å². The van der Waals surface area contributed by atoms with Gasteiger partial charge in [-0.25, -0.2) is 4.79 Å². The molecule has 0 saturated carbocycles. The third kappa shape index (κ3) is 4.41. The molecule has 3 N–H and O–H groups in total. The minimum atomic E-state index is -0.933. The van der Waals surface area contributed by atoms with Gasteiger partial charge in [-0.05, 0) is 35.2 Å². The topological polar surface area (TPSA) is 69.6 Å². The van der Waals surface area contributed by atoms with Crippen LogP contribution in [-0.2, 0) is 13.0 Å². The van der Waals surface area contributed by atoms with Gasteiger partial charge < -0.3 is 15.5 Å². The van der Waals surface area contributed by atoms with Gasteiger partial charge in [0.05, 0.1) is 11.7 Å². The Kier molecular flexibility index (Phi) is 5.69. The van der Waals surface area contributed by atoms with E-state index in [1.165, 1.54) is 5.56 Å². The number of aryl methyl sites for hydroxylation is 1. The largest absolute Gasteiger partial charge is 0.478 e. The normalized spacial score (nSPS) is 12.1. The molecule has 0 fully saturated rings. The molecule has 0 radical (unpaired) electrons. The molecule has 2 rings (SSSR count).